The molecule has 0 N–H and O–H groups in total. The Labute approximate surface area is 297 Å². The molecule has 6 nitrogen and oxygen atoms in total. The van der Waals surface area contributed by atoms with Crippen LogP contribution < -0.4 is 0 Å². The fourth-order valence-electron chi connectivity index (χ4n) is 7.60. The largest absolute Gasteiger partial charge is 0.293 e. The molecule has 0 saturated carbocycles. The maximum absolute atomic E-state index is 5.06. The molecule has 0 saturated heterocycles. The summed E-state index contributed by atoms with van der Waals surface area (Å²) in [7, 11) is 0. The van der Waals surface area contributed by atoms with E-state index in [0.717, 1.165) is 99.8 Å². The van der Waals surface area contributed by atoms with Crippen LogP contribution in [0.15, 0.2) is 170 Å². The zero-order valence-corrected chi connectivity index (χ0v) is 27.8. The lowest BCUT2D eigenvalue weighted by atomic mass is 10.00. The summed E-state index contributed by atoms with van der Waals surface area (Å²) in [6, 6.07) is 59.2. The van der Waals surface area contributed by atoms with Gasteiger partial charge >= 0.3 is 0 Å². The van der Waals surface area contributed by atoms with Crippen molar-refractivity contribution in [2.24, 2.45) is 0 Å². The van der Waals surface area contributed by atoms with Crippen LogP contribution in [0.5, 0.6) is 0 Å². The van der Waals surface area contributed by atoms with Gasteiger partial charge in [-0.25, -0.2) is 19.9 Å². The molecule has 0 atom stereocenters. The number of para-hydroxylation sites is 6. The molecule has 0 fully saturated rings. The molecule has 4 aromatic heterocycles. The van der Waals surface area contributed by atoms with Gasteiger partial charge in [-0.15, -0.1) is 0 Å². The molecule has 0 unspecified atom stereocenters. The summed E-state index contributed by atoms with van der Waals surface area (Å²) >= 11 is 0. The molecule has 0 radical (unpaired) electrons. The second-order valence-corrected chi connectivity index (χ2v) is 13.1. The molecular formula is C46H28N6. The van der Waals surface area contributed by atoms with Gasteiger partial charge in [-0.1, -0.05) is 109 Å². The number of hydrogen-bond donors (Lipinski definition) is 0. The molecule has 6 heteroatoms. The van der Waals surface area contributed by atoms with Crippen molar-refractivity contribution in [3.05, 3.63) is 170 Å². The van der Waals surface area contributed by atoms with Crippen molar-refractivity contribution in [2.45, 2.75) is 0 Å². The third kappa shape index (κ3) is 4.38. The number of benzene rings is 7. The highest BCUT2D eigenvalue weighted by atomic mass is 15.1. The monoisotopic (exact) mass is 664 g/mol. The van der Waals surface area contributed by atoms with Crippen molar-refractivity contribution < 1.29 is 0 Å². The molecule has 0 spiro atoms. The van der Waals surface area contributed by atoms with Gasteiger partial charge in [0.1, 0.15) is 11.0 Å². The number of fused-ring (bicyclic) bond motifs is 8. The topological polar surface area (TPSA) is 61.4 Å². The maximum Gasteiger partial charge on any atom is 0.165 e. The molecule has 11 aromatic rings. The molecule has 0 aliphatic rings. The molecule has 0 amide bonds. The van der Waals surface area contributed by atoms with Gasteiger partial charge in [-0.3, -0.25) is 9.13 Å². The lowest BCUT2D eigenvalue weighted by Gasteiger charge is -2.10. The van der Waals surface area contributed by atoms with Crippen molar-refractivity contribution in [2.75, 3.05) is 0 Å². The first-order valence-electron chi connectivity index (χ1n) is 17.4. The Balaban J connectivity index is 0.917. The van der Waals surface area contributed by atoms with Gasteiger partial charge < -0.3 is 0 Å². The second-order valence-electron chi connectivity index (χ2n) is 13.1. The lowest BCUT2D eigenvalue weighted by Crippen LogP contribution is -1.96. The first-order chi connectivity index (χ1) is 25.8. The smallest absolute Gasteiger partial charge is 0.165 e. The van der Waals surface area contributed by atoms with Crippen LogP contribution in [0.3, 0.4) is 0 Å². The summed E-state index contributed by atoms with van der Waals surface area (Å²) in [5, 5.41) is 2.20. The quantitative estimate of drug-likeness (QED) is 0.188. The van der Waals surface area contributed by atoms with Gasteiger partial charge in [0.15, 0.2) is 11.3 Å². The Morgan fingerprint density at radius 2 is 0.596 bits per heavy atom. The number of aromatic nitrogens is 6. The second kappa shape index (κ2) is 11.2. The highest BCUT2D eigenvalue weighted by molar-refractivity contribution is 6.08. The van der Waals surface area contributed by atoms with E-state index >= 15 is 0 Å². The van der Waals surface area contributed by atoms with Crippen molar-refractivity contribution >= 4 is 66.2 Å². The molecule has 52 heavy (non-hydrogen) atoms. The standard InChI is InChI=1S/C46H28N6/c1-7-15-41-35(9-1)43-45(49-39-13-5-3-11-37(39)47-43)51(41)33-25-21-31(22-26-33)29-17-19-30(20-18-29)32-23-27-34(28-24-32)52-42-16-8-2-10-36(42)44-46(52)50-40-14-6-4-12-38(40)48-44/h1-28H. The summed E-state index contributed by atoms with van der Waals surface area (Å²) in [5.74, 6) is 0. The van der Waals surface area contributed by atoms with E-state index in [1.165, 1.54) is 0 Å². The minimum absolute atomic E-state index is 0.864. The average molecular weight is 665 g/mol. The average Bonchev–Trinajstić information content (AvgIpc) is 3.71. The first kappa shape index (κ1) is 28.6. The summed E-state index contributed by atoms with van der Waals surface area (Å²) in [6.45, 7) is 0. The van der Waals surface area contributed by atoms with E-state index in [4.69, 9.17) is 19.9 Å². The van der Waals surface area contributed by atoms with E-state index in [1.807, 2.05) is 48.5 Å². The fraction of sp³-hybridized carbons (Fsp3) is 0. The van der Waals surface area contributed by atoms with Gasteiger partial charge in [-0.2, -0.15) is 0 Å². The summed E-state index contributed by atoms with van der Waals surface area (Å²) in [4.78, 5) is 20.1. The van der Waals surface area contributed by atoms with Crippen LogP contribution in [0.1, 0.15) is 0 Å². The predicted octanol–water partition coefficient (Wildman–Crippen LogP) is 11.1. The van der Waals surface area contributed by atoms with Gasteiger partial charge in [0, 0.05) is 22.1 Å². The lowest BCUT2D eigenvalue weighted by molar-refractivity contribution is 1.14. The van der Waals surface area contributed by atoms with Gasteiger partial charge in [0.2, 0.25) is 0 Å². The van der Waals surface area contributed by atoms with E-state index in [1.54, 1.807) is 0 Å². The van der Waals surface area contributed by atoms with Crippen molar-refractivity contribution in [3.63, 3.8) is 0 Å². The molecule has 4 heterocycles. The molecular weight excluding hydrogens is 637 g/mol. The predicted molar refractivity (Wildman–Crippen MR) is 212 cm³/mol. The van der Waals surface area contributed by atoms with E-state index in [0.29, 0.717) is 0 Å². The molecule has 11 rings (SSSR count). The third-order valence-corrected chi connectivity index (χ3v) is 10.1. The van der Waals surface area contributed by atoms with Crippen LogP contribution in [-0.4, -0.2) is 29.1 Å². The van der Waals surface area contributed by atoms with Crippen LogP contribution >= 0.6 is 0 Å². The van der Waals surface area contributed by atoms with Crippen LogP contribution in [-0.2, 0) is 0 Å². The highest BCUT2D eigenvalue weighted by Gasteiger charge is 2.17. The van der Waals surface area contributed by atoms with Gasteiger partial charge in [0.25, 0.3) is 0 Å². The zero-order chi connectivity index (χ0) is 34.2. The Morgan fingerprint density at radius 1 is 0.288 bits per heavy atom. The van der Waals surface area contributed by atoms with Crippen LogP contribution in [0.25, 0.3) is 99.8 Å². The SMILES string of the molecule is c1ccc2nc3c(nc2c1)c1ccccc1n3-c1ccc(-c2ccc(-c3ccc(-n4c5ccccc5c5nc6ccccc6nc54)cc3)cc2)cc1. The maximum atomic E-state index is 5.06. The van der Waals surface area contributed by atoms with E-state index in [9.17, 15) is 0 Å². The summed E-state index contributed by atoms with van der Waals surface area (Å²) in [6.07, 6.45) is 0. The first-order valence-corrected chi connectivity index (χ1v) is 17.4. The van der Waals surface area contributed by atoms with Crippen molar-refractivity contribution in [3.8, 4) is 33.6 Å². The Hall–Kier alpha value is -7.18. The highest BCUT2D eigenvalue weighted by Crippen LogP contribution is 2.34. The molecule has 0 aliphatic carbocycles. The summed E-state index contributed by atoms with van der Waals surface area (Å²) < 4.78 is 4.43. The minimum Gasteiger partial charge on any atom is -0.293 e. The van der Waals surface area contributed by atoms with Gasteiger partial charge in [-0.05, 0) is 82.9 Å². The number of hydrogen-bond acceptors (Lipinski definition) is 4. The number of rotatable bonds is 4. The van der Waals surface area contributed by atoms with Crippen molar-refractivity contribution in [1.82, 2.24) is 29.1 Å². The summed E-state index contributed by atoms with van der Waals surface area (Å²) in [5.41, 5.74) is 16.1. The Kier molecular flexibility index (Phi) is 6.15. The van der Waals surface area contributed by atoms with E-state index < -0.39 is 0 Å². The van der Waals surface area contributed by atoms with Crippen LogP contribution in [0, 0.1) is 0 Å². The minimum atomic E-state index is 0.864. The molecule has 242 valence electrons. The molecule has 7 aromatic carbocycles. The zero-order valence-electron chi connectivity index (χ0n) is 27.8. The fourth-order valence-corrected chi connectivity index (χ4v) is 7.60. The normalized spacial score (nSPS) is 11.8. The van der Waals surface area contributed by atoms with Gasteiger partial charge in [0.05, 0.1) is 33.1 Å². The van der Waals surface area contributed by atoms with E-state index in [-0.39, 0.29) is 0 Å². The molecule has 0 aliphatic heterocycles. The van der Waals surface area contributed by atoms with Crippen molar-refractivity contribution in [1.29, 1.82) is 0 Å². The van der Waals surface area contributed by atoms with Crippen LogP contribution in [0.4, 0.5) is 0 Å². The third-order valence-electron chi connectivity index (χ3n) is 10.1. The Bertz CT molecular complexity index is 2940. The van der Waals surface area contributed by atoms with Crippen LogP contribution in [0.2, 0.25) is 0 Å². The Morgan fingerprint density at radius 3 is 0.981 bits per heavy atom. The molecule has 0 bridgehead atoms. The van der Waals surface area contributed by atoms with E-state index in [2.05, 4.69) is 130 Å². The number of nitrogens with zero attached hydrogens (tertiary/aromatic N) is 6.